The molecular formula is C14H29N3O3. The second-order valence-corrected chi connectivity index (χ2v) is 6.77. The van der Waals surface area contributed by atoms with Crippen molar-refractivity contribution in [3.63, 3.8) is 0 Å². The van der Waals surface area contributed by atoms with E-state index in [-0.39, 0.29) is 18.1 Å². The number of hydrogen-bond donors (Lipinski definition) is 3. The molecule has 6 nitrogen and oxygen atoms in total. The van der Waals surface area contributed by atoms with Gasteiger partial charge in [-0.15, -0.1) is 0 Å². The first-order chi connectivity index (χ1) is 9.21. The highest BCUT2D eigenvalue weighted by atomic mass is 16.6. The minimum absolute atomic E-state index is 0.114. The fourth-order valence-electron chi connectivity index (χ4n) is 2.56. The molecule has 1 amide bonds. The summed E-state index contributed by atoms with van der Waals surface area (Å²) in [5.74, 6) is 0. The summed E-state index contributed by atoms with van der Waals surface area (Å²) in [7, 11) is 0. The molecule has 0 aromatic rings. The molecule has 0 aromatic heterocycles. The largest absolute Gasteiger partial charge is 0.444 e. The van der Waals surface area contributed by atoms with Crippen molar-refractivity contribution in [2.45, 2.75) is 51.7 Å². The quantitative estimate of drug-likeness (QED) is 0.705. The van der Waals surface area contributed by atoms with E-state index in [1.807, 2.05) is 20.8 Å². The fraction of sp³-hybridized carbons (Fsp3) is 0.929. The first-order valence-electron chi connectivity index (χ1n) is 7.27. The highest BCUT2D eigenvalue weighted by Gasteiger charge is 2.37. The number of carbonyl (C=O) groups is 1. The Hall–Kier alpha value is -0.850. The van der Waals surface area contributed by atoms with Gasteiger partial charge in [-0.25, -0.2) is 4.79 Å². The molecule has 1 fully saturated rings. The van der Waals surface area contributed by atoms with Crippen LogP contribution >= 0.6 is 0 Å². The van der Waals surface area contributed by atoms with Crippen LogP contribution in [0.3, 0.4) is 0 Å². The number of aliphatic hydroxyl groups excluding tert-OH is 1. The first kappa shape index (κ1) is 17.2. The lowest BCUT2D eigenvalue weighted by Crippen LogP contribution is -2.49. The van der Waals surface area contributed by atoms with Gasteiger partial charge in [-0.2, -0.15) is 0 Å². The lowest BCUT2D eigenvalue weighted by atomic mass is 9.74. The van der Waals surface area contributed by atoms with Gasteiger partial charge in [0.15, 0.2) is 0 Å². The zero-order chi connectivity index (χ0) is 15.4. The second kappa shape index (κ2) is 6.74. The van der Waals surface area contributed by atoms with Gasteiger partial charge in [0, 0.05) is 19.6 Å². The van der Waals surface area contributed by atoms with E-state index < -0.39 is 11.7 Å². The Labute approximate surface area is 121 Å². The monoisotopic (exact) mass is 287 g/mol. The van der Waals surface area contributed by atoms with Gasteiger partial charge in [-0.3, -0.25) is 0 Å². The van der Waals surface area contributed by atoms with Gasteiger partial charge in [0.2, 0.25) is 0 Å². The predicted octanol–water partition coefficient (Wildman–Crippen LogP) is 0.672. The minimum Gasteiger partial charge on any atom is -0.444 e. The number of ether oxygens (including phenoxy) is 1. The lowest BCUT2D eigenvalue weighted by molar-refractivity contribution is 0.00336. The van der Waals surface area contributed by atoms with Crippen molar-refractivity contribution in [3.8, 4) is 0 Å². The first-order valence-corrected chi connectivity index (χ1v) is 7.27. The van der Waals surface area contributed by atoms with Crippen LogP contribution in [0.4, 0.5) is 4.79 Å². The maximum Gasteiger partial charge on any atom is 0.410 e. The van der Waals surface area contributed by atoms with E-state index in [0.29, 0.717) is 26.1 Å². The average molecular weight is 287 g/mol. The molecule has 0 aromatic carbocycles. The minimum atomic E-state index is -0.522. The Bertz CT molecular complexity index is 320. The highest BCUT2D eigenvalue weighted by Crippen LogP contribution is 2.35. The Balaban J connectivity index is 2.54. The summed E-state index contributed by atoms with van der Waals surface area (Å²) in [6, 6.07) is 0. The number of piperidine rings is 1. The van der Waals surface area contributed by atoms with Crippen LogP contribution in [0.25, 0.3) is 0 Å². The van der Waals surface area contributed by atoms with Crippen LogP contribution in [-0.2, 0) is 4.74 Å². The molecule has 1 saturated heterocycles. The molecule has 0 bridgehead atoms. The van der Waals surface area contributed by atoms with E-state index in [9.17, 15) is 9.90 Å². The molecule has 0 saturated carbocycles. The van der Waals surface area contributed by atoms with Crippen LogP contribution in [0.15, 0.2) is 0 Å². The van der Waals surface area contributed by atoms with Crippen LogP contribution < -0.4 is 11.5 Å². The van der Waals surface area contributed by atoms with Gasteiger partial charge in [0.25, 0.3) is 0 Å². The zero-order valence-corrected chi connectivity index (χ0v) is 12.9. The van der Waals surface area contributed by atoms with Gasteiger partial charge >= 0.3 is 6.09 Å². The molecule has 1 rings (SSSR count). The Morgan fingerprint density at radius 3 is 2.30 bits per heavy atom. The topological polar surface area (TPSA) is 102 Å². The van der Waals surface area contributed by atoms with Crippen LogP contribution in [0.5, 0.6) is 0 Å². The van der Waals surface area contributed by atoms with Crippen molar-refractivity contribution in [2.75, 3.05) is 26.2 Å². The summed E-state index contributed by atoms with van der Waals surface area (Å²) in [6.45, 7) is 7.56. The van der Waals surface area contributed by atoms with E-state index in [1.165, 1.54) is 0 Å². The van der Waals surface area contributed by atoms with Gasteiger partial charge in [-0.1, -0.05) is 0 Å². The second-order valence-electron chi connectivity index (χ2n) is 6.77. The third-order valence-electron chi connectivity index (χ3n) is 3.85. The van der Waals surface area contributed by atoms with E-state index in [0.717, 1.165) is 12.8 Å². The van der Waals surface area contributed by atoms with Crippen LogP contribution in [-0.4, -0.2) is 54.0 Å². The number of likely N-dealkylation sites (tertiary alicyclic amines) is 1. The van der Waals surface area contributed by atoms with E-state index in [1.54, 1.807) is 4.90 Å². The number of aliphatic hydroxyl groups is 1. The Morgan fingerprint density at radius 1 is 1.35 bits per heavy atom. The molecular weight excluding hydrogens is 258 g/mol. The predicted molar refractivity (Wildman–Crippen MR) is 78.2 cm³/mol. The normalized spacial score (nSPS) is 20.6. The molecule has 6 heteroatoms. The molecule has 0 spiro atoms. The summed E-state index contributed by atoms with van der Waals surface area (Å²) in [6.07, 6.45) is 1.36. The smallest absolute Gasteiger partial charge is 0.410 e. The van der Waals surface area contributed by atoms with E-state index in [2.05, 4.69) is 0 Å². The highest BCUT2D eigenvalue weighted by molar-refractivity contribution is 5.68. The standard InChI is InChI=1S/C14H29N3O3/c1-13(2,3)20-12(19)17-6-4-14(10-16,5-7-17)8-11(18)9-15/h11,18H,4-10,15-16H2,1-3H3. The molecule has 1 unspecified atom stereocenters. The maximum atomic E-state index is 12.0. The van der Waals surface area contributed by atoms with Crippen molar-refractivity contribution in [1.82, 2.24) is 4.90 Å². The van der Waals surface area contributed by atoms with Crippen LogP contribution in [0.2, 0.25) is 0 Å². The van der Waals surface area contributed by atoms with Crippen LogP contribution in [0.1, 0.15) is 40.0 Å². The van der Waals surface area contributed by atoms with Crippen molar-refractivity contribution in [2.24, 2.45) is 16.9 Å². The number of carbonyl (C=O) groups excluding carboxylic acids is 1. The van der Waals surface area contributed by atoms with Crippen molar-refractivity contribution in [1.29, 1.82) is 0 Å². The third kappa shape index (κ3) is 4.92. The van der Waals surface area contributed by atoms with Gasteiger partial charge < -0.3 is 26.2 Å². The number of amides is 1. The van der Waals surface area contributed by atoms with E-state index >= 15 is 0 Å². The summed E-state index contributed by atoms with van der Waals surface area (Å²) in [5.41, 5.74) is 10.8. The van der Waals surface area contributed by atoms with Gasteiger partial charge in [0.05, 0.1) is 6.10 Å². The molecule has 0 radical (unpaired) electrons. The SMILES string of the molecule is CC(C)(C)OC(=O)N1CCC(CN)(CC(O)CN)CC1. The molecule has 1 heterocycles. The molecule has 5 N–H and O–H groups in total. The van der Waals surface area contributed by atoms with Crippen LogP contribution in [0, 0.1) is 5.41 Å². The van der Waals surface area contributed by atoms with Crippen molar-refractivity contribution >= 4 is 6.09 Å². The molecule has 1 atom stereocenters. The summed E-state index contributed by atoms with van der Waals surface area (Å²) in [4.78, 5) is 13.7. The lowest BCUT2D eigenvalue weighted by Gasteiger charge is -2.42. The Morgan fingerprint density at radius 2 is 1.90 bits per heavy atom. The number of rotatable bonds is 4. The third-order valence-corrected chi connectivity index (χ3v) is 3.85. The number of nitrogens with zero attached hydrogens (tertiary/aromatic N) is 1. The number of nitrogens with two attached hydrogens (primary N) is 2. The molecule has 0 aliphatic carbocycles. The van der Waals surface area contributed by atoms with Gasteiger partial charge in [-0.05, 0) is 52.0 Å². The summed E-state index contributed by atoms with van der Waals surface area (Å²) in [5, 5.41) is 9.75. The van der Waals surface area contributed by atoms with E-state index in [4.69, 9.17) is 16.2 Å². The summed E-state index contributed by atoms with van der Waals surface area (Å²) >= 11 is 0. The van der Waals surface area contributed by atoms with Crippen molar-refractivity contribution < 1.29 is 14.6 Å². The molecule has 118 valence electrons. The molecule has 20 heavy (non-hydrogen) atoms. The maximum absolute atomic E-state index is 12.0. The fourth-order valence-corrected chi connectivity index (χ4v) is 2.56. The number of hydrogen-bond acceptors (Lipinski definition) is 5. The van der Waals surface area contributed by atoms with Gasteiger partial charge in [0.1, 0.15) is 5.60 Å². The van der Waals surface area contributed by atoms with Crippen molar-refractivity contribution in [3.05, 3.63) is 0 Å². The zero-order valence-electron chi connectivity index (χ0n) is 12.9. The molecule has 1 aliphatic heterocycles. The molecule has 1 aliphatic rings. The Kier molecular flexibility index (Phi) is 5.79. The average Bonchev–Trinajstić information content (AvgIpc) is 2.37. The summed E-state index contributed by atoms with van der Waals surface area (Å²) < 4.78 is 5.37.